The Morgan fingerprint density at radius 2 is 2.19 bits per heavy atom. The predicted molar refractivity (Wildman–Crippen MR) is 61.2 cm³/mol. The zero-order valence-corrected chi connectivity index (χ0v) is 10.5. The SMILES string of the molecule is CCNC(CC)Cc1nc(C(C)OC)no1. The Morgan fingerprint density at radius 1 is 1.44 bits per heavy atom. The summed E-state index contributed by atoms with van der Waals surface area (Å²) in [4.78, 5) is 4.31. The fourth-order valence-electron chi connectivity index (χ4n) is 1.48. The fraction of sp³-hybridized carbons (Fsp3) is 0.818. The molecule has 0 radical (unpaired) electrons. The van der Waals surface area contributed by atoms with Gasteiger partial charge in [0.2, 0.25) is 5.89 Å². The second kappa shape index (κ2) is 6.60. The van der Waals surface area contributed by atoms with Crippen LogP contribution in [0.1, 0.15) is 45.0 Å². The molecule has 16 heavy (non-hydrogen) atoms. The molecule has 5 nitrogen and oxygen atoms in total. The van der Waals surface area contributed by atoms with Gasteiger partial charge in [-0.3, -0.25) is 0 Å². The second-order valence-corrected chi connectivity index (χ2v) is 3.79. The number of nitrogens with one attached hydrogen (secondary N) is 1. The van der Waals surface area contributed by atoms with Crippen LogP contribution < -0.4 is 5.32 Å². The smallest absolute Gasteiger partial charge is 0.228 e. The molecule has 2 unspecified atom stereocenters. The lowest BCUT2D eigenvalue weighted by atomic mass is 10.1. The molecule has 1 N–H and O–H groups in total. The van der Waals surface area contributed by atoms with Crippen LogP contribution in [0.15, 0.2) is 4.52 Å². The van der Waals surface area contributed by atoms with Gasteiger partial charge in [0.1, 0.15) is 6.10 Å². The Morgan fingerprint density at radius 3 is 2.75 bits per heavy atom. The number of hydrogen-bond acceptors (Lipinski definition) is 5. The minimum Gasteiger partial charge on any atom is -0.374 e. The third-order valence-electron chi connectivity index (χ3n) is 2.61. The summed E-state index contributed by atoms with van der Waals surface area (Å²) in [6.45, 7) is 7.08. The van der Waals surface area contributed by atoms with Crippen molar-refractivity contribution in [3.63, 3.8) is 0 Å². The molecule has 0 spiro atoms. The lowest BCUT2D eigenvalue weighted by Crippen LogP contribution is -2.30. The van der Waals surface area contributed by atoms with Gasteiger partial charge in [0.05, 0.1) is 0 Å². The summed E-state index contributed by atoms with van der Waals surface area (Å²) < 4.78 is 10.3. The molecule has 0 saturated carbocycles. The molecule has 92 valence electrons. The molecule has 0 saturated heterocycles. The lowest BCUT2D eigenvalue weighted by Gasteiger charge is -2.12. The first-order chi connectivity index (χ1) is 7.71. The number of aromatic nitrogens is 2. The number of nitrogens with zero attached hydrogens (tertiary/aromatic N) is 2. The van der Waals surface area contributed by atoms with Gasteiger partial charge in [0, 0.05) is 19.6 Å². The number of hydrogen-bond donors (Lipinski definition) is 1. The zero-order valence-electron chi connectivity index (χ0n) is 10.5. The molecule has 0 aliphatic rings. The van der Waals surface area contributed by atoms with E-state index in [4.69, 9.17) is 9.26 Å². The molecule has 0 aromatic carbocycles. The Balaban J connectivity index is 2.56. The van der Waals surface area contributed by atoms with Gasteiger partial charge in [-0.2, -0.15) is 4.98 Å². The molecule has 0 bridgehead atoms. The normalized spacial score (nSPS) is 15.0. The van der Waals surface area contributed by atoms with Crippen LogP contribution >= 0.6 is 0 Å². The molecular formula is C11H21N3O2. The van der Waals surface area contributed by atoms with Crippen LogP contribution in [0, 0.1) is 0 Å². The van der Waals surface area contributed by atoms with Crippen molar-refractivity contribution >= 4 is 0 Å². The number of methoxy groups -OCH3 is 1. The average Bonchev–Trinajstić information content (AvgIpc) is 2.76. The highest BCUT2D eigenvalue weighted by molar-refractivity contribution is 4.92. The van der Waals surface area contributed by atoms with Gasteiger partial charge >= 0.3 is 0 Å². The van der Waals surface area contributed by atoms with Crippen LogP contribution in [-0.4, -0.2) is 29.8 Å². The molecule has 0 aliphatic heterocycles. The van der Waals surface area contributed by atoms with Gasteiger partial charge in [-0.1, -0.05) is 19.0 Å². The van der Waals surface area contributed by atoms with Crippen LogP contribution in [0.4, 0.5) is 0 Å². The molecular weight excluding hydrogens is 206 g/mol. The maximum atomic E-state index is 5.19. The van der Waals surface area contributed by atoms with E-state index in [-0.39, 0.29) is 6.10 Å². The summed E-state index contributed by atoms with van der Waals surface area (Å²) in [5, 5.41) is 7.27. The van der Waals surface area contributed by atoms with Gasteiger partial charge in [0.25, 0.3) is 0 Å². The molecule has 2 atom stereocenters. The van der Waals surface area contributed by atoms with Gasteiger partial charge in [-0.05, 0) is 19.9 Å². The molecule has 1 heterocycles. The summed E-state index contributed by atoms with van der Waals surface area (Å²) in [5.74, 6) is 1.29. The van der Waals surface area contributed by atoms with E-state index in [1.165, 1.54) is 0 Å². The Labute approximate surface area is 96.6 Å². The van der Waals surface area contributed by atoms with E-state index in [0.29, 0.717) is 17.8 Å². The lowest BCUT2D eigenvalue weighted by molar-refractivity contribution is 0.109. The zero-order chi connectivity index (χ0) is 12.0. The number of likely N-dealkylation sites (N-methyl/N-ethyl adjacent to an activating group) is 1. The number of ether oxygens (including phenoxy) is 1. The Hall–Kier alpha value is -0.940. The summed E-state index contributed by atoms with van der Waals surface area (Å²) in [5.41, 5.74) is 0. The Bertz CT molecular complexity index is 301. The summed E-state index contributed by atoms with van der Waals surface area (Å²) in [7, 11) is 1.63. The summed E-state index contributed by atoms with van der Waals surface area (Å²) >= 11 is 0. The minimum absolute atomic E-state index is 0.114. The standard InChI is InChI=1S/C11H21N3O2/c1-5-9(12-6-2)7-10-13-11(14-16-10)8(3)15-4/h8-9,12H,5-7H2,1-4H3. The molecule has 1 aromatic rings. The van der Waals surface area contributed by atoms with Crippen LogP contribution in [0.25, 0.3) is 0 Å². The van der Waals surface area contributed by atoms with Gasteiger partial charge < -0.3 is 14.6 Å². The highest BCUT2D eigenvalue weighted by Gasteiger charge is 2.15. The van der Waals surface area contributed by atoms with Crippen LogP contribution in [0.2, 0.25) is 0 Å². The maximum Gasteiger partial charge on any atom is 0.228 e. The molecule has 0 fully saturated rings. The molecule has 0 aliphatic carbocycles. The molecule has 0 amide bonds. The minimum atomic E-state index is -0.114. The average molecular weight is 227 g/mol. The third kappa shape index (κ3) is 3.57. The topological polar surface area (TPSA) is 60.2 Å². The van der Waals surface area contributed by atoms with E-state index in [9.17, 15) is 0 Å². The van der Waals surface area contributed by atoms with E-state index < -0.39 is 0 Å². The highest BCUT2D eigenvalue weighted by Crippen LogP contribution is 2.12. The van der Waals surface area contributed by atoms with Crippen molar-refractivity contribution in [2.45, 2.75) is 45.8 Å². The van der Waals surface area contributed by atoms with Crippen molar-refractivity contribution in [3.8, 4) is 0 Å². The largest absolute Gasteiger partial charge is 0.374 e. The Kier molecular flexibility index (Phi) is 5.42. The predicted octanol–water partition coefficient (Wildman–Crippen LogP) is 1.71. The van der Waals surface area contributed by atoms with E-state index >= 15 is 0 Å². The first-order valence-electron chi connectivity index (χ1n) is 5.79. The van der Waals surface area contributed by atoms with Crippen molar-refractivity contribution in [2.75, 3.05) is 13.7 Å². The fourth-order valence-corrected chi connectivity index (χ4v) is 1.48. The number of rotatable bonds is 7. The first-order valence-corrected chi connectivity index (χ1v) is 5.79. The third-order valence-corrected chi connectivity index (χ3v) is 2.61. The summed E-state index contributed by atoms with van der Waals surface area (Å²) in [6.07, 6.45) is 1.70. The van der Waals surface area contributed by atoms with Gasteiger partial charge in [-0.25, -0.2) is 0 Å². The van der Waals surface area contributed by atoms with E-state index in [0.717, 1.165) is 19.4 Å². The maximum absolute atomic E-state index is 5.19. The second-order valence-electron chi connectivity index (χ2n) is 3.79. The van der Waals surface area contributed by atoms with Crippen LogP contribution in [0.5, 0.6) is 0 Å². The molecule has 1 aromatic heterocycles. The highest BCUT2D eigenvalue weighted by atomic mass is 16.5. The first kappa shape index (κ1) is 13.1. The summed E-state index contributed by atoms with van der Waals surface area (Å²) in [6, 6.07) is 0.399. The van der Waals surface area contributed by atoms with Crippen LogP contribution in [-0.2, 0) is 11.2 Å². The van der Waals surface area contributed by atoms with Gasteiger partial charge in [0.15, 0.2) is 5.82 Å². The van der Waals surface area contributed by atoms with Crippen molar-refractivity contribution in [1.29, 1.82) is 0 Å². The van der Waals surface area contributed by atoms with E-state index in [1.54, 1.807) is 7.11 Å². The van der Waals surface area contributed by atoms with Gasteiger partial charge in [-0.15, -0.1) is 0 Å². The van der Waals surface area contributed by atoms with Crippen molar-refractivity contribution in [3.05, 3.63) is 11.7 Å². The van der Waals surface area contributed by atoms with Crippen molar-refractivity contribution in [1.82, 2.24) is 15.5 Å². The van der Waals surface area contributed by atoms with E-state index in [2.05, 4.69) is 29.3 Å². The monoisotopic (exact) mass is 227 g/mol. The quantitative estimate of drug-likeness (QED) is 0.768. The van der Waals surface area contributed by atoms with Crippen LogP contribution in [0.3, 0.4) is 0 Å². The van der Waals surface area contributed by atoms with E-state index in [1.807, 2.05) is 6.92 Å². The molecule has 5 heteroatoms. The molecule has 1 rings (SSSR count). The van der Waals surface area contributed by atoms with Crippen molar-refractivity contribution in [2.24, 2.45) is 0 Å². The van der Waals surface area contributed by atoms with Crippen molar-refractivity contribution < 1.29 is 9.26 Å².